The summed E-state index contributed by atoms with van der Waals surface area (Å²) in [7, 11) is 0. The van der Waals surface area contributed by atoms with E-state index in [0.717, 1.165) is 19.5 Å². The van der Waals surface area contributed by atoms with Crippen LogP contribution in [0.2, 0.25) is 0 Å². The molecule has 2 rings (SSSR count). The van der Waals surface area contributed by atoms with Crippen molar-refractivity contribution in [2.75, 3.05) is 6.54 Å². The van der Waals surface area contributed by atoms with Gasteiger partial charge in [0.15, 0.2) is 0 Å². The van der Waals surface area contributed by atoms with Crippen LogP contribution in [0.5, 0.6) is 0 Å². The Kier molecular flexibility index (Phi) is 4.34. The summed E-state index contributed by atoms with van der Waals surface area (Å²) in [5.74, 6) is 0. The second-order valence-electron chi connectivity index (χ2n) is 4.27. The maximum absolute atomic E-state index is 4.19. The molecule has 1 atom stereocenters. The first kappa shape index (κ1) is 12.3. The minimum Gasteiger partial charge on any atom is -0.309 e. The molecule has 2 heterocycles. The zero-order valence-electron chi connectivity index (χ0n) is 10.4. The van der Waals surface area contributed by atoms with Gasteiger partial charge in [-0.05, 0) is 49.9 Å². The van der Waals surface area contributed by atoms with Crippen LogP contribution >= 0.6 is 11.3 Å². The van der Waals surface area contributed by atoms with E-state index in [9.17, 15) is 0 Å². The molecule has 3 nitrogen and oxygen atoms in total. The quantitative estimate of drug-likeness (QED) is 0.798. The summed E-state index contributed by atoms with van der Waals surface area (Å²) in [6, 6.07) is 4.60. The Morgan fingerprint density at radius 2 is 2.41 bits per heavy atom. The van der Waals surface area contributed by atoms with Gasteiger partial charge in [-0.3, -0.25) is 4.68 Å². The van der Waals surface area contributed by atoms with Crippen LogP contribution in [0, 0.1) is 6.92 Å². The molecule has 0 aliphatic rings. The highest BCUT2D eigenvalue weighted by Crippen LogP contribution is 2.23. The first-order chi connectivity index (χ1) is 8.27. The van der Waals surface area contributed by atoms with Crippen molar-refractivity contribution in [3.05, 3.63) is 40.3 Å². The Hall–Kier alpha value is -1.13. The summed E-state index contributed by atoms with van der Waals surface area (Å²) in [5.41, 5.74) is 1.39. The molecule has 2 aromatic heterocycles. The molecule has 0 aromatic carbocycles. The number of hydrogen-bond donors (Lipinski definition) is 1. The summed E-state index contributed by atoms with van der Waals surface area (Å²) in [6.45, 7) is 6.41. The molecule has 0 bridgehead atoms. The monoisotopic (exact) mass is 249 g/mol. The van der Waals surface area contributed by atoms with Crippen molar-refractivity contribution in [1.82, 2.24) is 15.1 Å². The zero-order chi connectivity index (χ0) is 12.1. The van der Waals surface area contributed by atoms with Crippen molar-refractivity contribution in [2.24, 2.45) is 0 Å². The Labute approximate surface area is 106 Å². The van der Waals surface area contributed by atoms with Gasteiger partial charge in [0.05, 0.1) is 0 Å². The molecule has 0 saturated heterocycles. The lowest BCUT2D eigenvalue weighted by molar-refractivity contribution is 0.509. The number of aromatic nitrogens is 2. The van der Waals surface area contributed by atoms with E-state index in [1.165, 1.54) is 10.4 Å². The molecule has 0 spiro atoms. The standard InChI is InChI=1S/C13H19N3S/c1-11-5-10-17-13(11)12(2)14-6-3-8-16-9-4-7-15-16/h4-5,7,9-10,12,14H,3,6,8H2,1-2H3. The first-order valence-electron chi connectivity index (χ1n) is 6.02. The number of aryl methyl sites for hydroxylation is 2. The van der Waals surface area contributed by atoms with Crippen molar-refractivity contribution in [2.45, 2.75) is 32.9 Å². The van der Waals surface area contributed by atoms with Gasteiger partial charge in [-0.1, -0.05) is 0 Å². The molecule has 0 aliphatic heterocycles. The lowest BCUT2D eigenvalue weighted by atomic mass is 10.2. The zero-order valence-corrected chi connectivity index (χ0v) is 11.2. The molecule has 1 unspecified atom stereocenters. The molecule has 1 N–H and O–H groups in total. The van der Waals surface area contributed by atoms with Crippen molar-refractivity contribution < 1.29 is 0 Å². The third kappa shape index (κ3) is 3.41. The second-order valence-corrected chi connectivity index (χ2v) is 5.21. The summed E-state index contributed by atoms with van der Waals surface area (Å²) in [6.07, 6.45) is 4.94. The average molecular weight is 249 g/mol. The van der Waals surface area contributed by atoms with E-state index in [4.69, 9.17) is 0 Å². The topological polar surface area (TPSA) is 29.9 Å². The van der Waals surface area contributed by atoms with Crippen LogP contribution in [-0.2, 0) is 6.54 Å². The van der Waals surface area contributed by atoms with Gasteiger partial charge in [0, 0.05) is 29.9 Å². The van der Waals surface area contributed by atoms with Crippen LogP contribution in [0.25, 0.3) is 0 Å². The van der Waals surface area contributed by atoms with Crippen molar-refractivity contribution >= 4 is 11.3 Å². The number of hydrogen-bond acceptors (Lipinski definition) is 3. The van der Waals surface area contributed by atoms with E-state index in [1.807, 2.05) is 34.5 Å². The second kappa shape index (κ2) is 5.98. The number of rotatable bonds is 6. The van der Waals surface area contributed by atoms with Gasteiger partial charge in [0.1, 0.15) is 0 Å². The molecule has 0 amide bonds. The molecule has 2 aromatic rings. The molecule has 0 radical (unpaired) electrons. The normalized spacial score (nSPS) is 12.8. The van der Waals surface area contributed by atoms with Crippen LogP contribution in [-0.4, -0.2) is 16.3 Å². The molecule has 0 fully saturated rings. The minimum atomic E-state index is 0.452. The van der Waals surface area contributed by atoms with Gasteiger partial charge < -0.3 is 5.32 Å². The lowest BCUT2D eigenvalue weighted by Crippen LogP contribution is -2.20. The van der Waals surface area contributed by atoms with E-state index < -0.39 is 0 Å². The van der Waals surface area contributed by atoms with Gasteiger partial charge in [0.2, 0.25) is 0 Å². The van der Waals surface area contributed by atoms with Crippen molar-refractivity contribution in [3.63, 3.8) is 0 Å². The van der Waals surface area contributed by atoms with Crippen LogP contribution in [0.15, 0.2) is 29.9 Å². The Morgan fingerprint density at radius 1 is 1.53 bits per heavy atom. The lowest BCUT2D eigenvalue weighted by Gasteiger charge is -2.13. The van der Waals surface area contributed by atoms with Crippen LogP contribution in [0.1, 0.15) is 29.8 Å². The third-order valence-corrected chi connectivity index (χ3v) is 4.07. The van der Waals surface area contributed by atoms with Gasteiger partial charge in [-0.25, -0.2) is 0 Å². The van der Waals surface area contributed by atoms with E-state index in [-0.39, 0.29) is 0 Å². The summed E-state index contributed by atoms with van der Waals surface area (Å²) in [5, 5.41) is 9.90. The highest BCUT2D eigenvalue weighted by molar-refractivity contribution is 7.10. The number of nitrogens with zero attached hydrogens (tertiary/aromatic N) is 2. The Morgan fingerprint density at radius 3 is 3.06 bits per heavy atom. The molecule has 17 heavy (non-hydrogen) atoms. The highest BCUT2D eigenvalue weighted by atomic mass is 32.1. The summed E-state index contributed by atoms with van der Waals surface area (Å²) in [4.78, 5) is 1.45. The van der Waals surface area contributed by atoms with Gasteiger partial charge in [-0.2, -0.15) is 5.10 Å². The summed E-state index contributed by atoms with van der Waals surface area (Å²) < 4.78 is 1.97. The maximum atomic E-state index is 4.19. The maximum Gasteiger partial charge on any atom is 0.0489 e. The molecular weight excluding hydrogens is 230 g/mol. The van der Waals surface area contributed by atoms with E-state index in [1.54, 1.807) is 0 Å². The number of nitrogens with one attached hydrogen (secondary N) is 1. The van der Waals surface area contributed by atoms with Crippen LogP contribution in [0.4, 0.5) is 0 Å². The van der Waals surface area contributed by atoms with E-state index in [2.05, 4.69) is 35.7 Å². The molecule has 0 aliphatic carbocycles. The first-order valence-corrected chi connectivity index (χ1v) is 6.90. The van der Waals surface area contributed by atoms with E-state index in [0.29, 0.717) is 6.04 Å². The van der Waals surface area contributed by atoms with Gasteiger partial charge >= 0.3 is 0 Å². The predicted molar refractivity (Wildman–Crippen MR) is 72.3 cm³/mol. The summed E-state index contributed by atoms with van der Waals surface area (Å²) >= 11 is 1.83. The van der Waals surface area contributed by atoms with E-state index >= 15 is 0 Å². The Balaban J connectivity index is 1.70. The predicted octanol–water partition coefficient (Wildman–Crippen LogP) is 2.99. The van der Waals surface area contributed by atoms with Gasteiger partial charge in [0.25, 0.3) is 0 Å². The average Bonchev–Trinajstić information content (AvgIpc) is 2.95. The van der Waals surface area contributed by atoms with Crippen molar-refractivity contribution in [1.29, 1.82) is 0 Å². The molecule has 92 valence electrons. The fourth-order valence-electron chi connectivity index (χ4n) is 1.91. The largest absolute Gasteiger partial charge is 0.309 e. The van der Waals surface area contributed by atoms with Crippen molar-refractivity contribution in [3.8, 4) is 0 Å². The Bertz CT molecular complexity index is 433. The number of thiophene rings is 1. The van der Waals surface area contributed by atoms with Gasteiger partial charge in [-0.15, -0.1) is 11.3 Å². The van der Waals surface area contributed by atoms with Crippen LogP contribution in [0.3, 0.4) is 0 Å². The fourth-order valence-corrected chi connectivity index (χ4v) is 2.87. The SMILES string of the molecule is Cc1ccsc1C(C)NCCCn1cccn1. The highest BCUT2D eigenvalue weighted by Gasteiger charge is 2.08. The molecule has 0 saturated carbocycles. The van der Waals surface area contributed by atoms with Crippen LogP contribution < -0.4 is 5.32 Å². The molecular formula is C13H19N3S. The smallest absolute Gasteiger partial charge is 0.0489 e. The fraction of sp³-hybridized carbons (Fsp3) is 0.462. The third-order valence-electron chi connectivity index (χ3n) is 2.87. The minimum absolute atomic E-state index is 0.452. The molecule has 4 heteroatoms.